The van der Waals surface area contributed by atoms with Crippen LogP contribution in [0.3, 0.4) is 0 Å². The van der Waals surface area contributed by atoms with Gasteiger partial charge >= 0.3 is 0 Å². The lowest BCUT2D eigenvalue weighted by Crippen LogP contribution is -2.42. The number of rotatable bonds is 6. The van der Waals surface area contributed by atoms with Crippen LogP contribution >= 0.6 is 11.3 Å². The molecule has 166 valence electrons. The molecular formula is C19H24FN7O2S2. The Kier molecular flexibility index (Phi) is 6.09. The molecule has 1 aliphatic heterocycles. The summed E-state index contributed by atoms with van der Waals surface area (Å²) < 4.78 is 39.3. The maximum absolute atomic E-state index is 14.5. The lowest BCUT2D eigenvalue weighted by molar-refractivity contribution is 0.331. The van der Waals surface area contributed by atoms with Gasteiger partial charge in [-0.2, -0.15) is 5.26 Å². The molecule has 2 N–H and O–H groups in total. The Balaban J connectivity index is 1.44. The van der Waals surface area contributed by atoms with Gasteiger partial charge in [-0.15, -0.1) is 0 Å². The van der Waals surface area contributed by atoms with Crippen LogP contribution in [0.15, 0.2) is 6.20 Å². The predicted octanol–water partition coefficient (Wildman–Crippen LogP) is 2.60. The van der Waals surface area contributed by atoms with Gasteiger partial charge in [0.05, 0.1) is 35.0 Å². The fourth-order valence-corrected chi connectivity index (χ4v) is 5.71. The summed E-state index contributed by atoms with van der Waals surface area (Å²) in [5.41, 5.74) is 0.867. The van der Waals surface area contributed by atoms with Crippen molar-refractivity contribution in [2.24, 2.45) is 5.92 Å². The van der Waals surface area contributed by atoms with Crippen molar-refractivity contribution in [3.63, 3.8) is 0 Å². The standard InChI is InChI=1S/C19H24FN7O2S2/c1-11-17(30-19(23-11)25-14-7-12(8-14)9-21)16-15(20)10-22-18(26-16)24-13-3-5-27(6-4-13)31(2,28)29/h10,12-14H,3-8H2,1-2H3,(H,23,25)(H,22,24,26). The van der Waals surface area contributed by atoms with Crippen LogP contribution in [0, 0.1) is 30.0 Å². The number of piperidine rings is 1. The molecular weight excluding hydrogens is 441 g/mol. The van der Waals surface area contributed by atoms with Crippen LogP contribution in [-0.4, -0.2) is 59.1 Å². The number of hydrogen-bond acceptors (Lipinski definition) is 9. The molecule has 2 aromatic heterocycles. The van der Waals surface area contributed by atoms with Crippen molar-refractivity contribution >= 4 is 32.4 Å². The predicted molar refractivity (Wildman–Crippen MR) is 117 cm³/mol. The molecule has 31 heavy (non-hydrogen) atoms. The van der Waals surface area contributed by atoms with Crippen molar-refractivity contribution < 1.29 is 12.8 Å². The Hall–Kier alpha value is -2.36. The summed E-state index contributed by atoms with van der Waals surface area (Å²) in [6.45, 7) is 2.67. The maximum atomic E-state index is 14.5. The lowest BCUT2D eigenvalue weighted by Gasteiger charge is -2.30. The zero-order valence-corrected chi connectivity index (χ0v) is 18.9. The first-order valence-corrected chi connectivity index (χ1v) is 12.8. The molecule has 0 radical (unpaired) electrons. The second-order valence-electron chi connectivity index (χ2n) is 8.04. The summed E-state index contributed by atoms with van der Waals surface area (Å²) in [6.07, 6.45) is 5.19. The molecule has 9 nitrogen and oxygen atoms in total. The van der Waals surface area contributed by atoms with Gasteiger partial charge in [-0.25, -0.2) is 32.1 Å². The minimum Gasteiger partial charge on any atom is -0.359 e. The Morgan fingerprint density at radius 2 is 1.94 bits per heavy atom. The fourth-order valence-electron chi connectivity index (χ4n) is 3.80. The molecule has 0 aromatic carbocycles. The third-order valence-corrected chi connectivity index (χ3v) is 8.06. The molecule has 1 saturated heterocycles. The van der Waals surface area contributed by atoms with Gasteiger partial charge in [-0.3, -0.25) is 0 Å². The van der Waals surface area contributed by atoms with Crippen LogP contribution in [0.4, 0.5) is 15.5 Å². The van der Waals surface area contributed by atoms with Gasteiger partial charge in [0.2, 0.25) is 16.0 Å². The molecule has 0 atom stereocenters. The van der Waals surface area contributed by atoms with E-state index in [1.807, 2.05) is 6.92 Å². The van der Waals surface area contributed by atoms with Crippen molar-refractivity contribution in [1.82, 2.24) is 19.3 Å². The van der Waals surface area contributed by atoms with Gasteiger partial charge in [0.1, 0.15) is 5.69 Å². The van der Waals surface area contributed by atoms with Crippen molar-refractivity contribution in [1.29, 1.82) is 5.26 Å². The minimum absolute atomic E-state index is 0.0165. The number of nitrogens with zero attached hydrogens (tertiary/aromatic N) is 5. The summed E-state index contributed by atoms with van der Waals surface area (Å²) in [6, 6.07) is 2.49. The van der Waals surface area contributed by atoms with E-state index in [9.17, 15) is 12.8 Å². The fraction of sp³-hybridized carbons (Fsp3) is 0.579. The van der Waals surface area contributed by atoms with Gasteiger partial charge in [0, 0.05) is 25.2 Å². The highest BCUT2D eigenvalue weighted by Crippen LogP contribution is 2.36. The summed E-state index contributed by atoms with van der Waals surface area (Å²) in [5.74, 6) is -0.119. The number of halogens is 1. The Morgan fingerprint density at radius 3 is 2.58 bits per heavy atom. The summed E-state index contributed by atoms with van der Waals surface area (Å²) >= 11 is 1.33. The number of aromatic nitrogens is 3. The third-order valence-electron chi connectivity index (χ3n) is 5.66. The van der Waals surface area contributed by atoms with Crippen LogP contribution in [0.5, 0.6) is 0 Å². The van der Waals surface area contributed by atoms with Gasteiger partial charge in [-0.1, -0.05) is 11.3 Å². The first kappa shape index (κ1) is 21.9. The number of anilines is 2. The largest absolute Gasteiger partial charge is 0.359 e. The molecule has 2 fully saturated rings. The van der Waals surface area contributed by atoms with Gasteiger partial charge in [0.15, 0.2) is 10.9 Å². The topological polar surface area (TPSA) is 124 Å². The quantitative estimate of drug-likeness (QED) is 0.667. The SMILES string of the molecule is Cc1nc(NC2CC(C#N)C2)sc1-c1nc(NC2CCN(S(C)(=O)=O)CC2)ncc1F. The van der Waals surface area contributed by atoms with E-state index in [-0.39, 0.29) is 23.7 Å². The first-order chi connectivity index (χ1) is 14.7. The van der Waals surface area contributed by atoms with Gasteiger partial charge in [-0.05, 0) is 32.6 Å². The molecule has 0 spiro atoms. The summed E-state index contributed by atoms with van der Waals surface area (Å²) in [5, 5.41) is 16.1. The molecule has 0 unspecified atom stereocenters. The van der Waals surface area contributed by atoms with Crippen LogP contribution in [0.1, 0.15) is 31.4 Å². The average Bonchev–Trinajstić information content (AvgIpc) is 3.05. The van der Waals surface area contributed by atoms with Gasteiger partial charge < -0.3 is 10.6 Å². The first-order valence-electron chi connectivity index (χ1n) is 10.1. The van der Waals surface area contributed by atoms with E-state index >= 15 is 0 Å². The lowest BCUT2D eigenvalue weighted by atomic mass is 9.81. The molecule has 2 aliphatic rings. The molecule has 1 aliphatic carbocycles. The Labute approximate surface area is 184 Å². The second kappa shape index (κ2) is 8.64. The minimum atomic E-state index is -3.19. The van der Waals surface area contributed by atoms with E-state index in [1.165, 1.54) is 21.9 Å². The van der Waals surface area contributed by atoms with E-state index in [0.717, 1.165) is 19.0 Å². The normalized spacial score (nSPS) is 22.5. The van der Waals surface area contributed by atoms with E-state index in [0.29, 0.717) is 47.6 Å². The number of nitrogens with one attached hydrogen (secondary N) is 2. The van der Waals surface area contributed by atoms with Crippen molar-refractivity contribution in [2.75, 3.05) is 30.0 Å². The monoisotopic (exact) mass is 465 g/mol. The zero-order valence-electron chi connectivity index (χ0n) is 17.3. The molecule has 12 heteroatoms. The van der Waals surface area contributed by atoms with Crippen LogP contribution < -0.4 is 10.6 Å². The smallest absolute Gasteiger partial charge is 0.223 e. The third kappa shape index (κ3) is 4.94. The maximum Gasteiger partial charge on any atom is 0.223 e. The molecule has 2 aromatic rings. The average molecular weight is 466 g/mol. The van der Waals surface area contributed by atoms with Crippen molar-refractivity contribution in [3.05, 3.63) is 17.7 Å². The number of sulfonamides is 1. The molecule has 4 rings (SSSR count). The summed E-state index contributed by atoms with van der Waals surface area (Å²) in [4.78, 5) is 13.6. The van der Waals surface area contributed by atoms with Gasteiger partial charge in [0.25, 0.3) is 0 Å². The van der Waals surface area contributed by atoms with Crippen molar-refractivity contribution in [3.8, 4) is 16.6 Å². The highest BCUT2D eigenvalue weighted by atomic mass is 32.2. The second-order valence-corrected chi connectivity index (χ2v) is 11.0. The van der Waals surface area contributed by atoms with E-state index in [2.05, 4.69) is 31.7 Å². The molecule has 1 saturated carbocycles. The number of thiazole rings is 1. The molecule has 3 heterocycles. The highest BCUT2D eigenvalue weighted by Gasteiger charge is 2.30. The molecule has 0 amide bonds. The molecule has 0 bridgehead atoms. The van der Waals surface area contributed by atoms with E-state index in [1.54, 1.807) is 0 Å². The number of nitriles is 1. The van der Waals surface area contributed by atoms with Crippen molar-refractivity contribution in [2.45, 2.75) is 44.7 Å². The number of hydrogen-bond donors (Lipinski definition) is 2. The Bertz CT molecular complexity index is 1100. The van der Waals surface area contributed by atoms with Crippen LogP contribution in [0.2, 0.25) is 0 Å². The Morgan fingerprint density at radius 1 is 1.23 bits per heavy atom. The highest BCUT2D eigenvalue weighted by molar-refractivity contribution is 7.88. The summed E-state index contributed by atoms with van der Waals surface area (Å²) in [7, 11) is -3.19. The number of aryl methyl sites for hydroxylation is 1. The zero-order chi connectivity index (χ0) is 22.2. The van der Waals surface area contributed by atoms with Crippen LogP contribution in [0.25, 0.3) is 10.6 Å². The van der Waals surface area contributed by atoms with Crippen LogP contribution in [-0.2, 0) is 10.0 Å². The van der Waals surface area contributed by atoms with E-state index in [4.69, 9.17) is 5.26 Å². The van der Waals surface area contributed by atoms with E-state index < -0.39 is 15.8 Å².